The van der Waals surface area contributed by atoms with Gasteiger partial charge in [0, 0.05) is 18.2 Å². The Morgan fingerprint density at radius 3 is 2.73 bits per heavy atom. The summed E-state index contributed by atoms with van der Waals surface area (Å²) >= 11 is 0. The van der Waals surface area contributed by atoms with Crippen LogP contribution < -0.4 is 10.1 Å². The van der Waals surface area contributed by atoms with Crippen LogP contribution in [-0.2, 0) is 6.54 Å². The van der Waals surface area contributed by atoms with E-state index < -0.39 is 11.6 Å². The number of nitrogens with zero attached hydrogens (tertiary/aromatic N) is 1. The Morgan fingerprint density at radius 2 is 2.00 bits per heavy atom. The number of benzene rings is 2. The fourth-order valence-electron chi connectivity index (χ4n) is 1.89. The standard InChI is InChI=1S/C16H14F2N2O2/c17-13-2-4-15(16(8-13)22-6-5-21)20-10-12-7-11(9-19)1-3-14(12)18/h1-4,7-8,20-21H,5-6,10H2. The molecule has 6 heteroatoms. The molecule has 2 aromatic rings. The number of hydrogen-bond donors (Lipinski definition) is 2. The van der Waals surface area contributed by atoms with Crippen LogP contribution in [0.4, 0.5) is 14.5 Å². The molecule has 0 fully saturated rings. The average Bonchev–Trinajstić information content (AvgIpc) is 2.53. The maximum atomic E-state index is 13.7. The molecule has 0 bridgehead atoms. The van der Waals surface area contributed by atoms with Crippen LogP contribution in [0.15, 0.2) is 36.4 Å². The van der Waals surface area contributed by atoms with Crippen molar-refractivity contribution in [2.75, 3.05) is 18.5 Å². The number of hydrogen-bond acceptors (Lipinski definition) is 4. The maximum absolute atomic E-state index is 13.7. The summed E-state index contributed by atoms with van der Waals surface area (Å²) in [6.45, 7) is -0.0618. The van der Waals surface area contributed by atoms with Gasteiger partial charge in [-0.05, 0) is 30.3 Å². The lowest BCUT2D eigenvalue weighted by Gasteiger charge is -2.13. The van der Waals surface area contributed by atoms with Gasteiger partial charge in [-0.25, -0.2) is 8.78 Å². The van der Waals surface area contributed by atoms with E-state index in [1.54, 1.807) is 0 Å². The molecule has 0 saturated heterocycles. The third kappa shape index (κ3) is 3.93. The molecule has 0 aliphatic heterocycles. The van der Waals surface area contributed by atoms with Gasteiger partial charge in [-0.3, -0.25) is 0 Å². The third-order valence-electron chi connectivity index (χ3n) is 2.94. The zero-order valence-corrected chi connectivity index (χ0v) is 11.6. The first-order chi connectivity index (χ1) is 10.6. The minimum absolute atomic E-state index is 0.0242. The van der Waals surface area contributed by atoms with Gasteiger partial charge in [-0.15, -0.1) is 0 Å². The summed E-state index contributed by atoms with van der Waals surface area (Å²) in [5.41, 5.74) is 1.14. The third-order valence-corrected chi connectivity index (χ3v) is 2.94. The molecule has 0 amide bonds. The number of anilines is 1. The first kappa shape index (κ1) is 15.7. The van der Waals surface area contributed by atoms with E-state index in [9.17, 15) is 8.78 Å². The summed E-state index contributed by atoms with van der Waals surface area (Å²) in [6.07, 6.45) is 0. The largest absolute Gasteiger partial charge is 0.489 e. The van der Waals surface area contributed by atoms with Crippen molar-refractivity contribution in [1.29, 1.82) is 5.26 Å². The molecule has 2 aromatic carbocycles. The normalized spacial score (nSPS) is 10.1. The van der Waals surface area contributed by atoms with Gasteiger partial charge in [0.1, 0.15) is 24.0 Å². The zero-order valence-electron chi connectivity index (χ0n) is 11.6. The lowest BCUT2D eigenvalue weighted by Crippen LogP contribution is -2.07. The highest BCUT2D eigenvalue weighted by Crippen LogP contribution is 2.26. The van der Waals surface area contributed by atoms with Gasteiger partial charge in [0.2, 0.25) is 0 Å². The fraction of sp³-hybridized carbons (Fsp3) is 0.188. The highest BCUT2D eigenvalue weighted by Gasteiger charge is 2.08. The van der Waals surface area contributed by atoms with Crippen LogP contribution in [0.1, 0.15) is 11.1 Å². The molecule has 2 N–H and O–H groups in total. The first-order valence-electron chi connectivity index (χ1n) is 6.59. The van der Waals surface area contributed by atoms with Gasteiger partial charge in [-0.2, -0.15) is 5.26 Å². The molecule has 0 atom stereocenters. The molecule has 0 unspecified atom stereocenters. The molecule has 22 heavy (non-hydrogen) atoms. The van der Waals surface area contributed by atoms with Gasteiger partial charge in [0.05, 0.1) is 23.9 Å². The summed E-state index contributed by atoms with van der Waals surface area (Å²) in [7, 11) is 0. The minimum Gasteiger partial charge on any atom is -0.489 e. The van der Waals surface area contributed by atoms with E-state index in [0.717, 1.165) is 0 Å². The second-order valence-corrected chi connectivity index (χ2v) is 4.48. The van der Waals surface area contributed by atoms with E-state index >= 15 is 0 Å². The van der Waals surface area contributed by atoms with Gasteiger partial charge < -0.3 is 15.2 Å². The highest BCUT2D eigenvalue weighted by atomic mass is 19.1. The fourth-order valence-corrected chi connectivity index (χ4v) is 1.89. The van der Waals surface area contributed by atoms with E-state index in [2.05, 4.69) is 5.32 Å². The number of aliphatic hydroxyl groups is 1. The Bertz CT molecular complexity index is 699. The number of nitriles is 1. The second kappa shape index (κ2) is 7.38. The van der Waals surface area contributed by atoms with E-state index in [-0.39, 0.29) is 25.5 Å². The Kier molecular flexibility index (Phi) is 5.28. The SMILES string of the molecule is N#Cc1ccc(F)c(CNc2ccc(F)cc2OCCO)c1. The quantitative estimate of drug-likeness (QED) is 0.861. The van der Waals surface area contributed by atoms with Crippen molar-refractivity contribution in [2.45, 2.75) is 6.54 Å². The number of aliphatic hydroxyl groups excluding tert-OH is 1. The van der Waals surface area contributed by atoms with Gasteiger partial charge in [0.25, 0.3) is 0 Å². The van der Waals surface area contributed by atoms with Gasteiger partial charge >= 0.3 is 0 Å². The average molecular weight is 304 g/mol. The molecular weight excluding hydrogens is 290 g/mol. The van der Waals surface area contributed by atoms with Crippen molar-refractivity contribution < 1.29 is 18.6 Å². The molecule has 0 radical (unpaired) electrons. The highest BCUT2D eigenvalue weighted by molar-refractivity contribution is 5.56. The smallest absolute Gasteiger partial charge is 0.145 e. The van der Waals surface area contributed by atoms with Crippen molar-refractivity contribution in [3.63, 3.8) is 0 Å². The van der Waals surface area contributed by atoms with Crippen LogP contribution in [0.3, 0.4) is 0 Å². The molecule has 0 spiro atoms. The van der Waals surface area contributed by atoms with Crippen molar-refractivity contribution >= 4 is 5.69 Å². The number of halogens is 2. The van der Waals surface area contributed by atoms with E-state index in [0.29, 0.717) is 16.8 Å². The van der Waals surface area contributed by atoms with Crippen LogP contribution in [0.25, 0.3) is 0 Å². The van der Waals surface area contributed by atoms with E-state index in [1.807, 2.05) is 6.07 Å². The topological polar surface area (TPSA) is 65.3 Å². The zero-order chi connectivity index (χ0) is 15.9. The molecule has 114 valence electrons. The Balaban J connectivity index is 2.16. The van der Waals surface area contributed by atoms with Crippen LogP contribution in [0.2, 0.25) is 0 Å². The molecule has 4 nitrogen and oxygen atoms in total. The predicted molar refractivity (Wildman–Crippen MR) is 77.4 cm³/mol. The van der Waals surface area contributed by atoms with Crippen molar-refractivity contribution in [3.8, 4) is 11.8 Å². The van der Waals surface area contributed by atoms with Crippen LogP contribution in [0, 0.1) is 23.0 Å². The number of rotatable bonds is 6. The number of ether oxygens (including phenoxy) is 1. The van der Waals surface area contributed by atoms with Gasteiger partial charge in [-0.1, -0.05) is 0 Å². The minimum atomic E-state index is -0.476. The van der Waals surface area contributed by atoms with Crippen LogP contribution in [-0.4, -0.2) is 18.3 Å². The number of nitrogens with one attached hydrogen (secondary N) is 1. The van der Waals surface area contributed by atoms with Crippen LogP contribution in [0.5, 0.6) is 5.75 Å². The Labute approximate surface area is 126 Å². The first-order valence-corrected chi connectivity index (χ1v) is 6.59. The Morgan fingerprint density at radius 1 is 1.18 bits per heavy atom. The lowest BCUT2D eigenvalue weighted by molar-refractivity contribution is 0.201. The molecule has 0 aliphatic carbocycles. The van der Waals surface area contributed by atoms with Crippen molar-refractivity contribution in [3.05, 3.63) is 59.2 Å². The summed E-state index contributed by atoms with van der Waals surface area (Å²) in [5.74, 6) is -0.687. The Hall–Kier alpha value is -2.65. The van der Waals surface area contributed by atoms with E-state index in [4.69, 9.17) is 15.1 Å². The summed E-state index contributed by atoms with van der Waals surface area (Å²) in [4.78, 5) is 0. The molecular formula is C16H14F2N2O2. The van der Waals surface area contributed by atoms with Gasteiger partial charge in [0.15, 0.2) is 0 Å². The summed E-state index contributed by atoms with van der Waals surface area (Å²) in [5, 5.41) is 20.5. The lowest BCUT2D eigenvalue weighted by atomic mass is 10.1. The molecule has 0 saturated carbocycles. The van der Waals surface area contributed by atoms with E-state index in [1.165, 1.54) is 36.4 Å². The molecule has 2 rings (SSSR count). The second-order valence-electron chi connectivity index (χ2n) is 4.48. The predicted octanol–water partition coefficient (Wildman–Crippen LogP) is 2.82. The molecule has 0 heterocycles. The maximum Gasteiger partial charge on any atom is 0.145 e. The summed E-state index contributed by atoms with van der Waals surface area (Å²) < 4.78 is 32.2. The molecule has 0 aromatic heterocycles. The van der Waals surface area contributed by atoms with Crippen LogP contribution >= 0.6 is 0 Å². The summed E-state index contributed by atoms with van der Waals surface area (Å²) in [6, 6.07) is 9.90. The van der Waals surface area contributed by atoms with Crippen molar-refractivity contribution in [2.24, 2.45) is 0 Å². The van der Waals surface area contributed by atoms with Crippen molar-refractivity contribution in [1.82, 2.24) is 0 Å². The molecule has 0 aliphatic rings. The monoisotopic (exact) mass is 304 g/mol.